The number of hydrogen-bond donors (Lipinski definition) is 2. The largest absolute Gasteiger partial charge is 0.356 e. The lowest BCUT2D eigenvalue weighted by Crippen LogP contribution is -2.32. The van der Waals surface area contributed by atoms with E-state index in [0.29, 0.717) is 25.9 Å². The van der Waals surface area contributed by atoms with Crippen LogP contribution in [-0.4, -0.2) is 55.6 Å². The first-order valence-electron chi connectivity index (χ1n) is 14.6. The van der Waals surface area contributed by atoms with Crippen LogP contribution in [0.4, 0.5) is 0 Å². The first kappa shape index (κ1) is 41.2. The topological polar surface area (TPSA) is 95.6 Å². The van der Waals surface area contributed by atoms with E-state index in [0.717, 1.165) is 70.6 Å². The Morgan fingerprint density at radius 1 is 0.722 bits per heavy atom. The zero-order valence-electron chi connectivity index (χ0n) is 25.3. The minimum atomic E-state index is -0.265. The van der Waals surface area contributed by atoms with Crippen LogP contribution in [0.25, 0.3) is 0 Å². The van der Waals surface area contributed by atoms with Crippen LogP contribution in [0.3, 0.4) is 0 Å². The molecule has 0 saturated heterocycles. The highest BCUT2D eigenvalue weighted by Crippen LogP contribution is 2.07. The van der Waals surface area contributed by atoms with E-state index in [-0.39, 0.29) is 30.1 Å². The number of rotatable bonds is 19. The van der Waals surface area contributed by atoms with Gasteiger partial charge in [-0.3, -0.25) is 14.4 Å². The van der Waals surface area contributed by atoms with Gasteiger partial charge in [0.05, 0.1) is 0 Å². The van der Waals surface area contributed by atoms with Crippen molar-refractivity contribution < 1.29 is 19.2 Å². The van der Waals surface area contributed by atoms with E-state index in [1.54, 1.807) is 18.9 Å². The number of amides is 3. The van der Waals surface area contributed by atoms with E-state index in [1.165, 1.54) is 0 Å². The van der Waals surface area contributed by atoms with Crippen molar-refractivity contribution in [3.63, 3.8) is 0 Å². The van der Waals surface area contributed by atoms with Crippen LogP contribution in [0.5, 0.6) is 0 Å². The summed E-state index contributed by atoms with van der Waals surface area (Å²) in [4.78, 5) is 47.6. The standard InChI is InChI=1S/C23H43N3O4.3C2H6/c1-4-5-10-16-24-21(28)13-8-6-11-17-25-22(29)14-9-7-12-18-26(3)23(30)20(2)15-19-27;3*1-2/h19-20H,4-18H2,1-3H3,(H,24,28)(H,25,29);3*1-2H3. The Kier molecular flexibility index (Phi) is 40.4. The third-order valence-corrected chi connectivity index (χ3v) is 5.15. The molecule has 0 aliphatic heterocycles. The van der Waals surface area contributed by atoms with Crippen molar-refractivity contribution in [1.29, 1.82) is 0 Å². The van der Waals surface area contributed by atoms with Crippen LogP contribution in [0, 0.1) is 5.92 Å². The van der Waals surface area contributed by atoms with E-state index < -0.39 is 0 Å². The molecule has 1 unspecified atom stereocenters. The number of hydrogen-bond acceptors (Lipinski definition) is 4. The number of aldehydes is 1. The monoisotopic (exact) mass is 515 g/mol. The van der Waals surface area contributed by atoms with Gasteiger partial charge < -0.3 is 20.3 Å². The van der Waals surface area contributed by atoms with Crippen LogP contribution in [0.2, 0.25) is 0 Å². The normalized spacial score (nSPS) is 10.1. The maximum Gasteiger partial charge on any atom is 0.225 e. The molecule has 0 heterocycles. The maximum atomic E-state index is 12.0. The van der Waals surface area contributed by atoms with Crippen molar-refractivity contribution >= 4 is 24.0 Å². The van der Waals surface area contributed by atoms with E-state index in [4.69, 9.17) is 0 Å². The molecule has 7 heteroatoms. The molecule has 0 aliphatic rings. The van der Waals surface area contributed by atoms with Gasteiger partial charge in [0.15, 0.2) is 0 Å². The van der Waals surface area contributed by atoms with Gasteiger partial charge in [-0.2, -0.15) is 0 Å². The van der Waals surface area contributed by atoms with Crippen molar-refractivity contribution in [2.24, 2.45) is 5.92 Å². The summed E-state index contributed by atoms with van der Waals surface area (Å²) in [6.45, 7) is 18.0. The first-order chi connectivity index (χ1) is 17.4. The minimum absolute atomic E-state index is 0.00572. The van der Waals surface area contributed by atoms with Crippen molar-refractivity contribution in [2.45, 2.75) is 132 Å². The van der Waals surface area contributed by atoms with Crippen molar-refractivity contribution in [3.05, 3.63) is 0 Å². The van der Waals surface area contributed by atoms with Crippen LogP contribution in [0.1, 0.15) is 132 Å². The second kappa shape index (κ2) is 35.2. The van der Waals surface area contributed by atoms with Crippen LogP contribution in [-0.2, 0) is 19.2 Å². The molecule has 0 aromatic carbocycles. The molecular formula is C29H61N3O4. The van der Waals surface area contributed by atoms with Gasteiger partial charge in [0.25, 0.3) is 0 Å². The molecule has 216 valence electrons. The summed E-state index contributed by atoms with van der Waals surface area (Å²) in [6.07, 6.45) is 10.7. The molecule has 0 aromatic rings. The number of nitrogens with zero attached hydrogens (tertiary/aromatic N) is 1. The highest BCUT2D eigenvalue weighted by molar-refractivity contribution is 5.80. The molecule has 3 amide bonds. The van der Waals surface area contributed by atoms with Gasteiger partial charge >= 0.3 is 0 Å². The molecule has 7 nitrogen and oxygen atoms in total. The summed E-state index contributed by atoms with van der Waals surface area (Å²) in [7, 11) is 1.76. The molecule has 0 rings (SSSR count). The summed E-state index contributed by atoms with van der Waals surface area (Å²) in [5.41, 5.74) is 0. The van der Waals surface area contributed by atoms with Gasteiger partial charge in [-0.25, -0.2) is 0 Å². The SMILES string of the molecule is CC.CC.CC.CCCCCNC(=O)CCCCCNC(=O)CCCCCN(C)C(=O)C(C)CC=O. The fourth-order valence-electron chi connectivity index (χ4n) is 3.14. The lowest BCUT2D eigenvalue weighted by Gasteiger charge is -2.20. The molecule has 0 radical (unpaired) electrons. The number of carbonyl (C=O) groups excluding carboxylic acids is 4. The van der Waals surface area contributed by atoms with E-state index in [9.17, 15) is 19.2 Å². The van der Waals surface area contributed by atoms with Crippen LogP contribution >= 0.6 is 0 Å². The fraction of sp³-hybridized carbons (Fsp3) is 0.862. The predicted octanol–water partition coefficient (Wildman–Crippen LogP) is 6.29. The van der Waals surface area contributed by atoms with Gasteiger partial charge in [-0.05, 0) is 32.1 Å². The molecule has 0 bridgehead atoms. The Morgan fingerprint density at radius 3 is 1.61 bits per heavy atom. The fourth-order valence-corrected chi connectivity index (χ4v) is 3.14. The number of nitrogens with one attached hydrogen (secondary N) is 2. The highest BCUT2D eigenvalue weighted by Gasteiger charge is 2.16. The maximum absolute atomic E-state index is 12.0. The Bertz CT molecular complexity index is 499. The summed E-state index contributed by atoms with van der Waals surface area (Å²) < 4.78 is 0. The lowest BCUT2D eigenvalue weighted by molar-refractivity contribution is -0.135. The average Bonchev–Trinajstić information content (AvgIpc) is 2.91. The number of carbonyl (C=O) groups is 4. The Hall–Kier alpha value is -1.92. The van der Waals surface area contributed by atoms with E-state index in [1.807, 2.05) is 41.5 Å². The Balaban J connectivity index is -0.000000787. The molecular weight excluding hydrogens is 454 g/mol. The number of unbranched alkanes of at least 4 members (excludes halogenated alkanes) is 6. The van der Waals surface area contributed by atoms with Gasteiger partial charge in [0.1, 0.15) is 6.29 Å². The average molecular weight is 516 g/mol. The van der Waals surface area contributed by atoms with E-state index in [2.05, 4.69) is 17.6 Å². The highest BCUT2D eigenvalue weighted by atomic mass is 16.2. The quantitative estimate of drug-likeness (QED) is 0.156. The van der Waals surface area contributed by atoms with Crippen molar-refractivity contribution in [2.75, 3.05) is 26.7 Å². The molecule has 0 spiro atoms. The Labute approximate surface area is 223 Å². The summed E-state index contributed by atoms with van der Waals surface area (Å²) >= 11 is 0. The first-order valence-corrected chi connectivity index (χ1v) is 14.6. The van der Waals surface area contributed by atoms with Crippen LogP contribution in [0.15, 0.2) is 0 Å². The molecule has 0 aromatic heterocycles. The Morgan fingerprint density at radius 2 is 1.17 bits per heavy atom. The molecule has 0 fully saturated rings. The zero-order valence-corrected chi connectivity index (χ0v) is 25.3. The third-order valence-electron chi connectivity index (χ3n) is 5.15. The summed E-state index contributed by atoms with van der Waals surface area (Å²) in [5.74, 6) is -0.0827. The van der Waals surface area contributed by atoms with Gasteiger partial charge in [-0.15, -0.1) is 0 Å². The van der Waals surface area contributed by atoms with Crippen molar-refractivity contribution in [1.82, 2.24) is 15.5 Å². The van der Waals surface area contributed by atoms with Gasteiger partial charge in [-0.1, -0.05) is 81.1 Å². The van der Waals surface area contributed by atoms with Crippen LogP contribution < -0.4 is 10.6 Å². The molecule has 2 N–H and O–H groups in total. The third kappa shape index (κ3) is 30.1. The second-order valence-corrected chi connectivity index (χ2v) is 8.09. The zero-order chi connectivity index (χ0) is 28.6. The summed E-state index contributed by atoms with van der Waals surface area (Å²) in [6, 6.07) is 0. The van der Waals surface area contributed by atoms with Gasteiger partial charge in [0.2, 0.25) is 17.7 Å². The smallest absolute Gasteiger partial charge is 0.225 e. The molecule has 1 atom stereocenters. The molecule has 36 heavy (non-hydrogen) atoms. The lowest BCUT2D eigenvalue weighted by atomic mass is 10.1. The predicted molar refractivity (Wildman–Crippen MR) is 154 cm³/mol. The summed E-state index contributed by atoms with van der Waals surface area (Å²) in [5, 5.41) is 5.87. The second-order valence-electron chi connectivity index (χ2n) is 8.09. The minimum Gasteiger partial charge on any atom is -0.356 e. The molecule has 0 aliphatic carbocycles. The van der Waals surface area contributed by atoms with E-state index >= 15 is 0 Å². The van der Waals surface area contributed by atoms with Crippen molar-refractivity contribution in [3.8, 4) is 0 Å². The van der Waals surface area contributed by atoms with Gasteiger partial charge in [0, 0.05) is 51.9 Å². The molecule has 0 saturated carbocycles.